The van der Waals surface area contributed by atoms with Crippen molar-refractivity contribution in [3.05, 3.63) is 24.0 Å². The standard InChI is InChI=1S/C7H6Br2N2O/c1-12-7-4-5(10-8)2-3-6(7)11-9/h2-4H,1H3. The number of rotatable bonds is 1. The second-order valence-corrected chi connectivity index (χ2v) is 2.73. The van der Waals surface area contributed by atoms with E-state index in [0.29, 0.717) is 5.76 Å². The van der Waals surface area contributed by atoms with Crippen molar-refractivity contribution >= 4 is 43.7 Å². The molecule has 0 aliphatic heterocycles. The van der Waals surface area contributed by atoms with E-state index in [9.17, 15) is 0 Å². The third kappa shape index (κ3) is 2.04. The molecule has 0 fully saturated rings. The molecule has 1 aliphatic rings. The van der Waals surface area contributed by atoms with Gasteiger partial charge in [-0.1, -0.05) is 0 Å². The summed E-state index contributed by atoms with van der Waals surface area (Å²) in [7, 11) is 1.59. The summed E-state index contributed by atoms with van der Waals surface area (Å²) in [6, 6.07) is 0. The van der Waals surface area contributed by atoms with Crippen molar-refractivity contribution in [3.8, 4) is 0 Å². The predicted octanol–water partition coefficient (Wildman–Crippen LogP) is 2.59. The molecule has 0 N–H and O–H groups in total. The lowest BCUT2D eigenvalue weighted by atomic mass is 10.1. The molecule has 64 valence electrons. The average molecular weight is 294 g/mol. The Morgan fingerprint density at radius 3 is 2.50 bits per heavy atom. The minimum Gasteiger partial charge on any atom is -0.494 e. The molecule has 0 unspecified atom stereocenters. The van der Waals surface area contributed by atoms with Crippen molar-refractivity contribution in [2.45, 2.75) is 0 Å². The first-order chi connectivity index (χ1) is 5.81. The molecular weight excluding hydrogens is 288 g/mol. The van der Waals surface area contributed by atoms with Crippen LogP contribution in [0.4, 0.5) is 0 Å². The van der Waals surface area contributed by atoms with Crippen LogP contribution >= 0.6 is 32.3 Å². The minimum absolute atomic E-state index is 0.688. The molecule has 1 rings (SSSR count). The lowest BCUT2D eigenvalue weighted by molar-refractivity contribution is 0.316. The Balaban J connectivity index is 2.99. The summed E-state index contributed by atoms with van der Waals surface area (Å²) in [5, 5.41) is 0. The molecule has 0 bridgehead atoms. The molecule has 0 saturated carbocycles. The Labute approximate surface area is 87.6 Å². The SMILES string of the molecule is COC1=CC(=NBr)C=CC1=NBr. The van der Waals surface area contributed by atoms with E-state index < -0.39 is 0 Å². The highest BCUT2D eigenvalue weighted by Crippen LogP contribution is 2.10. The van der Waals surface area contributed by atoms with Gasteiger partial charge in [0.2, 0.25) is 0 Å². The number of ether oxygens (including phenoxy) is 1. The maximum Gasteiger partial charge on any atom is 0.147 e. The zero-order valence-corrected chi connectivity index (χ0v) is 9.46. The van der Waals surface area contributed by atoms with Gasteiger partial charge in [-0.25, -0.2) is 8.04 Å². The van der Waals surface area contributed by atoms with E-state index in [-0.39, 0.29) is 0 Å². The first kappa shape index (κ1) is 9.67. The summed E-state index contributed by atoms with van der Waals surface area (Å²) in [6.45, 7) is 0. The van der Waals surface area contributed by atoms with Crippen LogP contribution in [0.15, 0.2) is 32.0 Å². The van der Waals surface area contributed by atoms with Crippen LogP contribution in [0.1, 0.15) is 0 Å². The van der Waals surface area contributed by atoms with E-state index in [2.05, 4.69) is 40.3 Å². The summed E-state index contributed by atoms with van der Waals surface area (Å²) in [4.78, 5) is 0. The normalized spacial score (nSPS) is 23.1. The first-order valence-corrected chi connectivity index (χ1v) is 4.55. The Kier molecular flexibility index (Phi) is 3.68. The predicted molar refractivity (Wildman–Crippen MR) is 57.0 cm³/mol. The molecule has 0 heterocycles. The molecular formula is C7H6Br2N2O. The molecule has 0 aromatic rings. The van der Waals surface area contributed by atoms with Crippen LogP contribution in [-0.4, -0.2) is 18.5 Å². The molecule has 5 heteroatoms. The second kappa shape index (κ2) is 4.57. The van der Waals surface area contributed by atoms with Crippen LogP contribution in [0.5, 0.6) is 0 Å². The molecule has 0 saturated heterocycles. The fourth-order valence-electron chi connectivity index (χ4n) is 0.789. The van der Waals surface area contributed by atoms with Crippen LogP contribution in [-0.2, 0) is 4.74 Å². The van der Waals surface area contributed by atoms with Gasteiger partial charge in [-0.3, -0.25) is 0 Å². The van der Waals surface area contributed by atoms with Gasteiger partial charge in [0.25, 0.3) is 0 Å². The van der Waals surface area contributed by atoms with Crippen LogP contribution in [0.25, 0.3) is 0 Å². The van der Waals surface area contributed by atoms with Crippen LogP contribution < -0.4 is 0 Å². The van der Waals surface area contributed by atoms with Gasteiger partial charge in [0.05, 0.1) is 45.1 Å². The van der Waals surface area contributed by atoms with Crippen LogP contribution in [0, 0.1) is 0 Å². The van der Waals surface area contributed by atoms with E-state index in [1.807, 2.05) is 12.2 Å². The van der Waals surface area contributed by atoms with Gasteiger partial charge in [0.1, 0.15) is 11.5 Å². The molecule has 0 spiro atoms. The van der Waals surface area contributed by atoms with Gasteiger partial charge >= 0.3 is 0 Å². The highest BCUT2D eigenvalue weighted by atomic mass is 79.9. The summed E-state index contributed by atoms with van der Waals surface area (Å²) in [5.41, 5.74) is 1.55. The van der Waals surface area contributed by atoms with Gasteiger partial charge in [-0.2, -0.15) is 0 Å². The van der Waals surface area contributed by atoms with E-state index in [0.717, 1.165) is 11.4 Å². The molecule has 3 nitrogen and oxygen atoms in total. The van der Waals surface area contributed by atoms with Gasteiger partial charge in [0, 0.05) is 6.08 Å². The van der Waals surface area contributed by atoms with E-state index >= 15 is 0 Å². The fraction of sp³-hybridized carbons (Fsp3) is 0.143. The maximum absolute atomic E-state index is 5.07. The lowest BCUT2D eigenvalue weighted by Gasteiger charge is -2.08. The number of halogens is 2. The third-order valence-electron chi connectivity index (χ3n) is 1.35. The molecule has 0 radical (unpaired) electrons. The third-order valence-corrected chi connectivity index (χ3v) is 2.14. The van der Waals surface area contributed by atoms with Gasteiger partial charge in [0.15, 0.2) is 0 Å². The van der Waals surface area contributed by atoms with E-state index in [1.165, 1.54) is 0 Å². The molecule has 0 aromatic heterocycles. The van der Waals surface area contributed by atoms with Crippen molar-refractivity contribution in [2.24, 2.45) is 8.04 Å². The smallest absolute Gasteiger partial charge is 0.147 e. The molecule has 1 aliphatic carbocycles. The van der Waals surface area contributed by atoms with Crippen molar-refractivity contribution in [1.82, 2.24) is 0 Å². The van der Waals surface area contributed by atoms with Gasteiger partial charge in [-0.05, 0) is 12.2 Å². The Morgan fingerprint density at radius 2 is 2.00 bits per heavy atom. The minimum atomic E-state index is 0.688. The van der Waals surface area contributed by atoms with Crippen molar-refractivity contribution < 1.29 is 4.74 Å². The largest absolute Gasteiger partial charge is 0.494 e. The molecule has 12 heavy (non-hydrogen) atoms. The Morgan fingerprint density at radius 1 is 1.25 bits per heavy atom. The number of nitrogens with zero attached hydrogens (tertiary/aromatic N) is 2. The maximum atomic E-state index is 5.07. The Hall–Kier alpha value is -0.420. The quantitative estimate of drug-likeness (QED) is 0.684. The summed E-state index contributed by atoms with van der Waals surface area (Å²) < 4.78 is 12.8. The zero-order valence-electron chi connectivity index (χ0n) is 6.29. The Bertz CT molecular complexity index is 292. The highest BCUT2D eigenvalue weighted by molar-refractivity contribution is 9.08. The first-order valence-electron chi connectivity index (χ1n) is 3.14. The van der Waals surface area contributed by atoms with Crippen molar-refractivity contribution in [2.75, 3.05) is 7.11 Å². The van der Waals surface area contributed by atoms with Gasteiger partial charge < -0.3 is 4.74 Å². The fourth-order valence-corrected chi connectivity index (χ4v) is 1.30. The average Bonchev–Trinajstić information content (AvgIpc) is 2.16. The number of hydrogen-bond donors (Lipinski definition) is 0. The van der Waals surface area contributed by atoms with E-state index in [4.69, 9.17) is 4.74 Å². The van der Waals surface area contributed by atoms with Crippen LogP contribution in [0.3, 0.4) is 0 Å². The summed E-state index contributed by atoms with van der Waals surface area (Å²) in [5.74, 6) is 0.688. The number of allylic oxidation sites excluding steroid dienone is 3. The summed E-state index contributed by atoms with van der Waals surface area (Å²) in [6.07, 6.45) is 5.43. The lowest BCUT2D eigenvalue weighted by Crippen LogP contribution is -2.08. The van der Waals surface area contributed by atoms with E-state index in [1.54, 1.807) is 13.2 Å². The summed E-state index contributed by atoms with van der Waals surface area (Å²) >= 11 is 5.99. The zero-order chi connectivity index (χ0) is 8.97. The molecule has 0 aromatic carbocycles. The number of hydrogen-bond acceptors (Lipinski definition) is 3. The van der Waals surface area contributed by atoms with Crippen molar-refractivity contribution in [1.29, 1.82) is 0 Å². The monoisotopic (exact) mass is 292 g/mol. The van der Waals surface area contributed by atoms with Gasteiger partial charge in [-0.15, -0.1) is 0 Å². The van der Waals surface area contributed by atoms with Crippen molar-refractivity contribution in [3.63, 3.8) is 0 Å². The highest BCUT2D eigenvalue weighted by Gasteiger charge is 2.09. The number of methoxy groups -OCH3 is 1. The molecule has 0 amide bonds. The second-order valence-electron chi connectivity index (χ2n) is 2.03. The topological polar surface area (TPSA) is 34.0 Å². The molecule has 0 atom stereocenters. The van der Waals surface area contributed by atoms with Crippen LogP contribution in [0.2, 0.25) is 0 Å².